The maximum absolute atomic E-state index is 14.5. The molecule has 0 aromatic carbocycles. The van der Waals surface area contributed by atoms with Crippen LogP contribution in [-0.2, 0) is 14.4 Å². The summed E-state index contributed by atoms with van der Waals surface area (Å²) < 4.78 is 39.6. The molecule has 0 aromatic heterocycles. The zero-order chi connectivity index (χ0) is 31.3. The van der Waals surface area contributed by atoms with E-state index >= 15 is 0 Å². The fourth-order valence-electron chi connectivity index (χ4n) is 10.6. The van der Waals surface area contributed by atoms with Gasteiger partial charge in [-0.2, -0.15) is 13.2 Å². The standard InChI is InChI=1S/C34H44F3NO4/c1-28(2)12-14-33(25(41)9-11-34(35,36)37)15-13-32(6)26(20(33)17-28)22(40)16-24-29(3)18-21(38-7)27(42)30(4,19-39)23(29)8-10-31(24,32)5/h16,18,20,23,26,39H,8-15,17,19H2,1-6H3/t20-,23+,26-,29-,30-,31+,32+,33-/m0/s1. The maximum Gasteiger partial charge on any atom is 0.389 e. The number of carbonyl (C=O) groups is 3. The SMILES string of the molecule is [C-]#[N+]C1=C[C@]2(C)C3=CC(=O)[C@@H]4[C@@H]5CC(C)(C)CC[C@]5(C(=O)CCC(F)(F)F)CC[C@@]4(C)[C@]3(C)CC[C@H]2[C@](C)(CO)C1=O. The summed E-state index contributed by atoms with van der Waals surface area (Å²) in [6.07, 6.45) is 1.47. The Kier molecular flexibility index (Phi) is 6.95. The third-order valence-electron chi connectivity index (χ3n) is 13.2. The van der Waals surface area contributed by atoms with Crippen LogP contribution in [-0.4, -0.2) is 35.2 Å². The van der Waals surface area contributed by atoms with Crippen LogP contribution < -0.4 is 0 Å². The summed E-state index contributed by atoms with van der Waals surface area (Å²) >= 11 is 0. The Morgan fingerprint density at radius 2 is 1.69 bits per heavy atom. The van der Waals surface area contributed by atoms with E-state index in [-0.39, 0.29) is 40.3 Å². The van der Waals surface area contributed by atoms with Crippen LogP contribution in [0.1, 0.15) is 99.3 Å². The number of halogens is 3. The van der Waals surface area contributed by atoms with Gasteiger partial charge in [0.1, 0.15) is 5.78 Å². The Morgan fingerprint density at radius 3 is 2.29 bits per heavy atom. The molecule has 5 aliphatic carbocycles. The van der Waals surface area contributed by atoms with E-state index in [1.807, 2.05) is 6.92 Å². The molecule has 5 aliphatic rings. The first kappa shape index (κ1) is 31.2. The number of carbonyl (C=O) groups excluding carboxylic acids is 3. The lowest BCUT2D eigenvalue weighted by atomic mass is 9.34. The second kappa shape index (κ2) is 9.36. The summed E-state index contributed by atoms with van der Waals surface area (Å²) in [5.74, 6) is -1.95. The third kappa shape index (κ3) is 4.08. The fourth-order valence-corrected chi connectivity index (χ4v) is 10.6. The number of nitrogens with zero attached hydrogens (tertiary/aromatic N) is 1. The molecule has 1 N–H and O–H groups in total. The van der Waals surface area contributed by atoms with E-state index < -0.39 is 58.6 Å². The van der Waals surface area contributed by atoms with Crippen molar-refractivity contribution < 1.29 is 32.7 Å². The van der Waals surface area contributed by atoms with Gasteiger partial charge in [0.05, 0.1) is 19.6 Å². The van der Waals surface area contributed by atoms with Crippen molar-refractivity contribution in [3.63, 3.8) is 0 Å². The molecule has 0 aliphatic heterocycles. The highest BCUT2D eigenvalue weighted by Gasteiger charge is 2.71. The molecule has 230 valence electrons. The highest BCUT2D eigenvalue weighted by Crippen LogP contribution is 2.74. The Morgan fingerprint density at radius 1 is 1.05 bits per heavy atom. The molecule has 0 bridgehead atoms. The van der Waals surface area contributed by atoms with E-state index in [9.17, 15) is 32.7 Å². The van der Waals surface area contributed by atoms with E-state index in [1.165, 1.54) is 0 Å². The average Bonchev–Trinajstić information content (AvgIpc) is 2.90. The summed E-state index contributed by atoms with van der Waals surface area (Å²) in [7, 11) is 0. The van der Waals surface area contributed by atoms with E-state index in [1.54, 1.807) is 19.1 Å². The van der Waals surface area contributed by atoms with Crippen molar-refractivity contribution in [2.24, 2.45) is 50.2 Å². The predicted octanol–water partition coefficient (Wildman–Crippen LogP) is 7.44. The highest BCUT2D eigenvalue weighted by molar-refractivity contribution is 6.03. The Hall–Kier alpha value is -2.27. The second-order valence-corrected chi connectivity index (χ2v) is 15.8. The fraction of sp³-hybridized carbons (Fsp3) is 0.765. The average molecular weight is 588 g/mol. The number of fused-ring (bicyclic) bond motifs is 7. The molecule has 0 unspecified atom stereocenters. The van der Waals surface area contributed by atoms with Crippen molar-refractivity contribution in [1.29, 1.82) is 0 Å². The summed E-state index contributed by atoms with van der Waals surface area (Å²) in [5, 5.41) is 10.5. The van der Waals surface area contributed by atoms with Gasteiger partial charge in [-0.05, 0) is 79.1 Å². The van der Waals surface area contributed by atoms with Gasteiger partial charge < -0.3 is 9.90 Å². The van der Waals surface area contributed by atoms with Crippen molar-refractivity contribution in [3.05, 3.63) is 34.8 Å². The highest BCUT2D eigenvalue weighted by atomic mass is 19.4. The minimum Gasteiger partial charge on any atom is -0.395 e. The lowest BCUT2D eigenvalue weighted by Gasteiger charge is -2.69. The molecular formula is C34H44F3NO4. The van der Waals surface area contributed by atoms with Crippen molar-refractivity contribution >= 4 is 17.3 Å². The van der Waals surface area contributed by atoms with Crippen LogP contribution in [0.3, 0.4) is 0 Å². The normalized spacial score (nSPS) is 44.5. The van der Waals surface area contributed by atoms with Crippen LogP contribution >= 0.6 is 0 Å². The molecule has 0 radical (unpaired) electrons. The number of hydrogen-bond acceptors (Lipinski definition) is 4. The molecule has 0 amide bonds. The molecular weight excluding hydrogens is 543 g/mol. The summed E-state index contributed by atoms with van der Waals surface area (Å²) in [4.78, 5) is 45.1. The summed E-state index contributed by atoms with van der Waals surface area (Å²) in [5.41, 5.74) is -3.22. The first-order valence-corrected chi connectivity index (χ1v) is 15.4. The Bertz CT molecular complexity index is 1340. The number of rotatable bonds is 4. The molecule has 0 aromatic rings. The topological polar surface area (TPSA) is 75.8 Å². The van der Waals surface area contributed by atoms with Crippen molar-refractivity contribution in [2.75, 3.05) is 6.61 Å². The Balaban J connectivity index is 1.65. The number of alkyl halides is 3. The third-order valence-corrected chi connectivity index (χ3v) is 13.2. The number of hydrogen-bond donors (Lipinski definition) is 1. The smallest absolute Gasteiger partial charge is 0.389 e. The number of Topliss-reactive ketones (excluding diaryl/α,β-unsaturated/α-hetero) is 2. The van der Waals surface area contributed by atoms with Gasteiger partial charge in [-0.3, -0.25) is 9.59 Å². The second-order valence-electron chi connectivity index (χ2n) is 15.8. The first-order chi connectivity index (χ1) is 19.2. The lowest BCUT2D eigenvalue weighted by Crippen LogP contribution is -2.66. The van der Waals surface area contributed by atoms with Crippen LogP contribution in [0.4, 0.5) is 13.2 Å². The van der Waals surface area contributed by atoms with Crippen LogP contribution in [0, 0.1) is 56.8 Å². The molecule has 8 atom stereocenters. The van der Waals surface area contributed by atoms with Crippen LogP contribution in [0.5, 0.6) is 0 Å². The zero-order valence-corrected chi connectivity index (χ0v) is 25.7. The molecule has 42 heavy (non-hydrogen) atoms. The zero-order valence-electron chi connectivity index (χ0n) is 25.7. The van der Waals surface area contributed by atoms with Crippen LogP contribution in [0.2, 0.25) is 0 Å². The monoisotopic (exact) mass is 587 g/mol. The minimum atomic E-state index is -4.42. The largest absolute Gasteiger partial charge is 0.395 e. The molecule has 3 saturated carbocycles. The van der Waals surface area contributed by atoms with E-state index in [2.05, 4.69) is 32.5 Å². The van der Waals surface area contributed by atoms with Gasteiger partial charge in [0.15, 0.2) is 11.6 Å². The van der Waals surface area contributed by atoms with Gasteiger partial charge in [-0.15, -0.1) is 0 Å². The van der Waals surface area contributed by atoms with Gasteiger partial charge in [-0.25, -0.2) is 4.85 Å². The van der Waals surface area contributed by atoms with Gasteiger partial charge in [0.25, 0.3) is 0 Å². The maximum atomic E-state index is 14.5. The van der Waals surface area contributed by atoms with Gasteiger partial charge >= 0.3 is 6.18 Å². The molecule has 8 heteroatoms. The minimum absolute atomic E-state index is 0.0119. The summed E-state index contributed by atoms with van der Waals surface area (Å²) in [6.45, 7) is 19.6. The van der Waals surface area contributed by atoms with Crippen molar-refractivity contribution in [2.45, 2.75) is 106 Å². The van der Waals surface area contributed by atoms with Gasteiger partial charge in [0.2, 0.25) is 5.70 Å². The van der Waals surface area contributed by atoms with Crippen molar-refractivity contribution in [1.82, 2.24) is 0 Å². The van der Waals surface area contributed by atoms with E-state index in [0.717, 1.165) is 12.0 Å². The number of aliphatic hydroxyl groups excluding tert-OH is 1. The van der Waals surface area contributed by atoms with E-state index in [4.69, 9.17) is 6.57 Å². The summed E-state index contributed by atoms with van der Waals surface area (Å²) in [6, 6.07) is 0. The van der Waals surface area contributed by atoms with E-state index in [0.29, 0.717) is 38.5 Å². The Labute approximate surface area is 247 Å². The van der Waals surface area contributed by atoms with Crippen molar-refractivity contribution in [3.8, 4) is 0 Å². The number of allylic oxidation sites excluding steroid dienone is 4. The molecule has 0 saturated heterocycles. The van der Waals surface area contributed by atoms with Gasteiger partial charge in [-0.1, -0.05) is 53.2 Å². The molecule has 3 fully saturated rings. The van der Waals surface area contributed by atoms with Crippen LogP contribution in [0.25, 0.3) is 4.85 Å². The molecule has 0 heterocycles. The van der Waals surface area contributed by atoms with Crippen LogP contribution in [0.15, 0.2) is 23.4 Å². The lowest BCUT2D eigenvalue weighted by molar-refractivity contribution is -0.181. The molecule has 0 spiro atoms. The molecule has 5 nitrogen and oxygen atoms in total. The predicted molar refractivity (Wildman–Crippen MR) is 152 cm³/mol. The molecule has 5 rings (SSSR count). The number of aliphatic hydroxyl groups is 1. The first-order valence-electron chi connectivity index (χ1n) is 15.4. The quantitative estimate of drug-likeness (QED) is 0.347. The van der Waals surface area contributed by atoms with Gasteiger partial charge in [0, 0.05) is 28.6 Å². The number of ketones is 3.